The lowest BCUT2D eigenvalue weighted by molar-refractivity contribution is -0.261. The Kier molecular flexibility index (Phi) is 9.31. The molecule has 0 aliphatic carbocycles. The standard InChI is InChI=1S/C16H28O7/c1-11-13(18)10-14(19)16(23-11)22-8-6-4-2-3-5-7-12(17)9-15(20)21/h11,13-14,16,18-19H,2-10H2,1H3,(H,20,21)/t11-,13+,14+,16+/m0/s1. The predicted molar refractivity (Wildman–Crippen MR) is 81.9 cm³/mol. The van der Waals surface area contributed by atoms with Crippen LogP contribution in [0.2, 0.25) is 0 Å². The van der Waals surface area contributed by atoms with Gasteiger partial charge in [0, 0.05) is 19.4 Å². The van der Waals surface area contributed by atoms with Crippen molar-refractivity contribution in [2.24, 2.45) is 0 Å². The van der Waals surface area contributed by atoms with E-state index in [0.29, 0.717) is 19.4 Å². The van der Waals surface area contributed by atoms with E-state index in [4.69, 9.17) is 14.6 Å². The van der Waals surface area contributed by atoms with Gasteiger partial charge in [-0.25, -0.2) is 0 Å². The number of aliphatic carboxylic acids is 1. The van der Waals surface area contributed by atoms with E-state index in [2.05, 4.69) is 0 Å². The van der Waals surface area contributed by atoms with Crippen molar-refractivity contribution in [2.45, 2.75) is 82.9 Å². The van der Waals surface area contributed by atoms with Gasteiger partial charge in [-0.15, -0.1) is 0 Å². The number of hydrogen-bond acceptors (Lipinski definition) is 6. The minimum atomic E-state index is -1.07. The highest BCUT2D eigenvalue weighted by molar-refractivity contribution is 5.94. The van der Waals surface area contributed by atoms with Crippen LogP contribution in [0.15, 0.2) is 0 Å². The molecule has 1 aliphatic rings. The first kappa shape index (κ1) is 20.0. The van der Waals surface area contributed by atoms with E-state index in [-0.39, 0.29) is 24.7 Å². The lowest BCUT2D eigenvalue weighted by Gasteiger charge is -2.35. The molecule has 1 fully saturated rings. The van der Waals surface area contributed by atoms with Gasteiger partial charge in [0.1, 0.15) is 18.3 Å². The molecule has 0 saturated carbocycles. The van der Waals surface area contributed by atoms with Crippen LogP contribution >= 0.6 is 0 Å². The van der Waals surface area contributed by atoms with Gasteiger partial charge >= 0.3 is 5.97 Å². The molecule has 4 atom stereocenters. The smallest absolute Gasteiger partial charge is 0.310 e. The Balaban J connectivity index is 1.97. The largest absolute Gasteiger partial charge is 0.481 e. The molecule has 7 nitrogen and oxygen atoms in total. The van der Waals surface area contributed by atoms with Crippen molar-refractivity contribution in [1.29, 1.82) is 0 Å². The summed E-state index contributed by atoms with van der Waals surface area (Å²) in [7, 11) is 0. The van der Waals surface area contributed by atoms with E-state index in [0.717, 1.165) is 25.7 Å². The van der Waals surface area contributed by atoms with Gasteiger partial charge in [0.05, 0.1) is 12.2 Å². The molecule has 1 rings (SSSR count). The minimum Gasteiger partial charge on any atom is -0.481 e. The van der Waals surface area contributed by atoms with E-state index in [9.17, 15) is 19.8 Å². The lowest BCUT2D eigenvalue weighted by atomic mass is 10.0. The van der Waals surface area contributed by atoms with Crippen LogP contribution in [0.5, 0.6) is 0 Å². The van der Waals surface area contributed by atoms with Crippen LogP contribution in [0.4, 0.5) is 0 Å². The lowest BCUT2D eigenvalue weighted by Crippen LogP contribution is -2.47. The monoisotopic (exact) mass is 332 g/mol. The summed E-state index contributed by atoms with van der Waals surface area (Å²) in [6.07, 6.45) is 2.03. The molecular formula is C16H28O7. The van der Waals surface area contributed by atoms with Crippen molar-refractivity contribution in [3.8, 4) is 0 Å². The number of ether oxygens (including phenoxy) is 2. The SMILES string of the molecule is C[C@@H]1O[C@@H](OCCCCCCCC(=O)CC(=O)O)[C@H](O)C[C@H]1O. The number of unbranched alkanes of at least 4 members (excludes halogenated alkanes) is 4. The third kappa shape index (κ3) is 8.41. The molecule has 1 saturated heterocycles. The second-order valence-corrected chi connectivity index (χ2v) is 6.08. The summed E-state index contributed by atoms with van der Waals surface area (Å²) in [6.45, 7) is 2.22. The summed E-state index contributed by atoms with van der Waals surface area (Å²) in [5.74, 6) is -1.29. The van der Waals surface area contributed by atoms with Crippen LogP contribution in [0.25, 0.3) is 0 Å². The molecule has 1 heterocycles. The maximum absolute atomic E-state index is 11.2. The van der Waals surface area contributed by atoms with Crippen LogP contribution < -0.4 is 0 Å². The number of rotatable bonds is 11. The predicted octanol–water partition coefficient (Wildman–Crippen LogP) is 1.24. The van der Waals surface area contributed by atoms with Crippen LogP contribution in [0.1, 0.15) is 58.3 Å². The van der Waals surface area contributed by atoms with Gasteiger partial charge in [-0.05, 0) is 19.8 Å². The third-order valence-electron chi connectivity index (χ3n) is 3.92. The first-order valence-electron chi connectivity index (χ1n) is 8.27. The first-order chi connectivity index (χ1) is 10.9. The van der Waals surface area contributed by atoms with Crippen LogP contribution in [0.3, 0.4) is 0 Å². The maximum atomic E-state index is 11.2. The van der Waals surface area contributed by atoms with Crippen molar-refractivity contribution >= 4 is 11.8 Å². The fourth-order valence-corrected chi connectivity index (χ4v) is 2.50. The van der Waals surface area contributed by atoms with Crippen LogP contribution in [-0.2, 0) is 19.1 Å². The second kappa shape index (κ2) is 10.7. The minimum absolute atomic E-state index is 0.222. The Morgan fingerprint density at radius 3 is 2.43 bits per heavy atom. The molecule has 0 aromatic heterocycles. The molecular weight excluding hydrogens is 304 g/mol. The summed E-state index contributed by atoms with van der Waals surface area (Å²) in [5.41, 5.74) is 0. The Morgan fingerprint density at radius 1 is 1.09 bits per heavy atom. The van der Waals surface area contributed by atoms with E-state index < -0.39 is 24.5 Å². The number of carboxylic acid groups (broad SMARTS) is 1. The zero-order chi connectivity index (χ0) is 17.2. The summed E-state index contributed by atoms with van der Waals surface area (Å²) in [6, 6.07) is 0. The molecule has 7 heteroatoms. The van der Waals surface area contributed by atoms with Crippen molar-refractivity contribution in [3.05, 3.63) is 0 Å². The van der Waals surface area contributed by atoms with Gasteiger partial charge in [0.2, 0.25) is 0 Å². The van der Waals surface area contributed by atoms with Gasteiger partial charge in [0.25, 0.3) is 0 Å². The van der Waals surface area contributed by atoms with E-state index in [1.165, 1.54) is 0 Å². The van der Waals surface area contributed by atoms with E-state index >= 15 is 0 Å². The summed E-state index contributed by atoms with van der Waals surface area (Å²) in [5, 5.41) is 27.8. The molecule has 23 heavy (non-hydrogen) atoms. The summed E-state index contributed by atoms with van der Waals surface area (Å²) >= 11 is 0. The molecule has 1 aliphatic heterocycles. The van der Waals surface area contributed by atoms with Gasteiger partial charge < -0.3 is 24.8 Å². The average Bonchev–Trinajstić information content (AvgIpc) is 2.46. The van der Waals surface area contributed by atoms with Crippen molar-refractivity contribution in [3.63, 3.8) is 0 Å². The van der Waals surface area contributed by atoms with E-state index in [1.807, 2.05) is 0 Å². The molecule has 0 bridgehead atoms. The highest BCUT2D eigenvalue weighted by Crippen LogP contribution is 2.21. The first-order valence-corrected chi connectivity index (χ1v) is 8.27. The third-order valence-corrected chi connectivity index (χ3v) is 3.92. The molecule has 0 aromatic carbocycles. The number of ketones is 1. The zero-order valence-electron chi connectivity index (χ0n) is 13.6. The highest BCUT2D eigenvalue weighted by atomic mass is 16.7. The van der Waals surface area contributed by atoms with Crippen LogP contribution in [-0.4, -0.2) is 58.3 Å². The number of aliphatic hydroxyl groups is 2. The Labute approximate surface area is 136 Å². The zero-order valence-corrected chi connectivity index (χ0v) is 13.6. The van der Waals surface area contributed by atoms with E-state index in [1.54, 1.807) is 6.92 Å². The highest BCUT2D eigenvalue weighted by Gasteiger charge is 2.34. The second-order valence-electron chi connectivity index (χ2n) is 6.08. The molecule has 0 spiro atoms. The summed E-state index contributed by atoms with van der Waals surface area (Å²) in [4.78, 5) is 21.5. The van der Waals surface area contributed by atoms with Gasteiger partial charge in [-0.3, -0.25) is 9.59 Å². The van der Waals surface area contributed by atoms with Gasteiger partial charge in [-0.1, -0.05) is 19.3 Å². The quantitative estimate of drug-likeness (QED) is 0.385. The van der Waals surface area contributed by atoms with Crippen molar-refractivity contribution in [1.82, 2.24) is 0 Å². The van der Waals surface area contributed by atoms with Crippen molar-refractivity contribution in [2.75, 3.05) is 6.61 Å². The van der Waals surface area contributed by atoms with Gasteiger partial charge in [0.15, 0.2) is 6.29 Å². The molecule has 0 unspecified atom stereocenters. The number of carbonyl (C=O) groups is 2. The van der Waals surface area contributed by atoms with Crippen LogP contribution in [0, 0.1) is 0 Å². The Hall–Kier alpha value is -1.02. The fraction of sp³-hybridized carbons (Fsp3) is 0.875. The normalized spacial score (nSPS) is 27.8. The number of carbonyl (C=O) groups excluding carboxylic acids is 1. The van der Waals surface area contributed by atoms with Crippen molar-refractivity contribution < 1.29 is 34.4 Å². The average molecular weight is 332 g/mol. The number of Topliss-reactive ketones (excluding diaryl/α,β-unsaturated/α-hetero) is 1. The number of hydrogen-bond donors (Lipinski definition) is 3. The molecule has 0 aromatic rings. The molecule has 0 radical (unpaired) electrons. The Bertz CT molecular complexity index is 371. The molecule has 3 N–H and O–H groups in total. The molecule has 0 amide bonds. The number of carboxylic acids is 1. The van der Waals surface area contributed by atoms with Gasteiger partial charge in [-0.2, -0.15) is 0 Å². The fourth-order valence-electron chi connectivity index (χ4n) is 2.50. The topological polar surface area (TPSA) is 113 Å². The summed E-state index contributed by atoms with van der Waals surface area (Å²) < 4.78 is 10.9. The molecule has 134 valence electrons. The number of aliphatic hydroxyl groups excluding tert-OH is 2. The Morgan fingerprint density at radius 2 is 1.74 bits per heavy atom. The maximum Gasteiger partial charge on any atom is 0.310 e.